The van der Waals surface area contributed by atoms with Crippen LogP contribution in [0, 0.1) is 13.8 Å². The highest BCUT2D eigenvalue weighted by Gasteiger charge is 2.40. The highest BCUT2D eigenvalue weighted by atomic mass is 16.5. The first-order chi connectivity index (χ1) is 17.9. The summed E-state index contributed by atoms with van der Waals surface area (Å²) in [5.74, 6) is 0.00244. The van der Waals surface area contributed by atoms with Crippen molar-refractivity contribution in [2.45, 2.75) is 57.8 Å². The molecule has 0 unspecified atom stereocenters. The fourth-order valence-electron chi connectivity index (χ4n) is 5.50. The van der Waals surface area contributed by atoms with Gasteiger partial charge in [0, 0.05) is 31.7 Å². The number of hydrogen-bond acceptors (Lipinski definition) is 5. The number of aliphatic carboxylic acids is 1. The summed E-state index contributed by atoms with van der Waals surface area (Å²) in [5.41, 5.74) is 7.84. The minimum atomic E-state index is -1.03. The summed E-state index contributed by atoms with van der Waals surface area (Å²) in [7, 11) is 1.69. The van der Waals surface area contributed by atoms with E-state index in [1.165, 1.54) is 11.1 Å². The molecule has 1 aliphatic carbocycles. The van der Waals surface area contributed by atoms with Gasteiger partial charge in [0.1, 0.15) is 11.3 Å². The van der Waals surface area contributed by atoms with E-state index in [0.717, 1.165) is 52.1 Å². The van der Waals surface area contributed by atoms with E-state index in [-0.39, 0.29) is 6.10 Å². The van der Waals surface area contributed by atoms with Crippen LogP contribution in [0.15, 0.2) is 54.6 Å². The van der Waals surface area contributed by atoms with E-state index in [1.54, 1.807) is 7.11 Å². The van der Waals surface area contributed by atoms with Crippen LogP contribution in [0.4, 0.5) is 5.69 Å². The highest BCUT2D eigenvalue weighted by molar-refractivity contribution is 5.83. The van der Waals surface area contributed by atoms with Crippen LogP contribution in [0.5, 0.6) is 5.75 Å². The van der Waals surface area contributed by atoms with E-state index in [9.17, 15) is 9.90 Å². The van der Waals surface area contributed by atoms with Gasteiger partial charge in [-0.3, -0.25) is 0 Å². The zero-order valence-electron chi connectivity index (χ0n) is 21.8. The van der Waals surface area contributed by atoms with Gasteiger partial charge < -0.3 is 24.6 Å². The summed E-state index contributed by atoms with van der Waals surface area (Å²) >= 11 is 0. The Hall–Kier alpha value is -3.35. The van der Waals surface area contributed by atoms with Crippen molar-refractivity contribution in [2.24, 2.45) is 0 Å². The number of benzene rings is 3. The molecule has 1 fully saturated rings. The van der Waals surface area contributed by atoms with E-state index in [0.29, 0.717) is 32.7 Å². The number of aryl methyl sites for hydroxylation is 1. The Morgan fingerprint density at radius 1 is 1.05 bits per heavy atom. The first-order valence-electron chi connectivity index (χ1n) is 12.9. The Labute approximate surface area is 218 Å². The number of anilines is 1. The topological polar surface area (TPSA) is 77.0 Å². The maximum atomic E-state index is 12.2. The molecule has 2 N–H and O–H groups in total. The fourth-order valence-corrected chi connectivity index (χ4v) is 5.50. The number of hydrogen-bond donors (Lipinski definition) is 2. The minimum Gasteiger partial charge on any atom is -0.496 e. The molecule has 194 valence electrons. The molecule has 0 radical (unpaired) electrons. The van der Waals surface area contributed by atoms with E-state index in [2.05, 4.69) is 61.6 Å². The molecule has 3 aromatic rings. The number of fused-ring (bicyclic) bond motifs is 1. The molecule has 0 spiro atoms. The lowest BCUT2D eigenvalue weighted by atomic mass is 9.89. The first-order valence-corrected chi connectivity index (χ1v) is 12.9. The van der Waals surface area contributed by atoms with Crippen LogP contribution >= 0.6 is 0 Å². The van der Waals surface area contributed by atoms with Gasteiger partial charge in [-0.15, -0.1) is 0 Å². The van der Waals surface area contributed by atoms with Crippen molar-refractivity contribution in [1.29, 1.82) is 0 Å². The van der Waals surface area contributed by atoms with E-state index in [1.807, 2.05) is 12.1 Å². The van der Waals surface area contributed by atoms with Gasteiger partial charge in [0.25, 0.3) is 0 Å². The molecular formula is C31H35NO5. The number of methoxy groups -OCH3 is 1. The summed E-state index contributed by atoms with van der Waals surface area (Å²) in [6, 6.07) is 18.8. The minimum absolute atomic E-state index is 0.122. The molecule has 1 heterocycles. The number of carboxylic acids is 1. The molecule has 2 aliphatic rings. The number of rotatable bonds is 8. The van der Waals surface area contributed by atoms with E-state index < -0.39 is 11.5 Å². The molecule has 1 aliphatic heterocycles. The maximum absolute atomic E-state index is 12.2. The van der Waals surface area contributed by atoms with Crippen LogP contribution in [-0.2, 0) is 33.7 Å². The second-order valence-electron chi connectivity index (χ2n) is 10.2. The number of carboxylic acid groups (broad SMARTS) is 1. The SMILES string of the molecule is COc1cc(-c2ccc(NC3(C(=O)O)CCOCC3)cc2COC2Cc3ccccc3C2)cc(C)c1C. The number of carbonyl (C=O) groups is 1. The normalized spacial score (nSPS) is 16.8. The van der Waals surface area contributed by atoms with Crippen LogP contribution in [0.3, 0.4) is 0 Å². The summed E-state index contributed by atoms with van der Waals surface area (Å²) in [6.07, 6.45) is 2.78. The Morgan fingerprint density at radius 3 is 2.41 bits per heavy atom. The van der Waals surface area contributed by atoms with Gasteiger partial charge in [-0.1, -0.05) is 36.4 Å². The maximum Gasteiger partial charge on any atom is 0.329 e. The number of nitrogens with one attached hydrogen (secondary N) is 1. The zero-order chi connectivity index (χ0) is 26.0. The lowest BCUT2D eigenvalue weighted by Gasteiger charge is -2.35. The average Bonchev–Trinajstić information content (AvgIpc) is 3.33. The largest absolute Gasteiger partial charge is 0.496 e. The van der Waals surface area contributed by atoms with Gasteiger partial charge in [-0.2, -0.15) is 0 Å². The third kappa shape index (κ3) is 5.22. The molecule has 6 heteroatoms. The standard InChI is InChI=1S/C31H35NO5/c1-20-14-24(18-29(35-3)21(20)2)28-9-8-26(32-31(30(33)34)10-12-36-13-11-31)15-25(28)19-37-27-16-22-6-4-5-7-23(22)17-27/h4-9,14-15,18,27,32H,10-13,16-17,19H2,1-3H3,(H,33,34). The lowest BCUT2D eigenvalue weighted by molar-refractivity contribution is -0.145. The summed E-state index contributed by atoms with van der Waals surface area (Å²) < 4.78 is 17.6. The van der Waals surface area contributed by atoms with Crippen molar-refractivity contribution in [2.75, 3.05) is 25.6 Å². The number of ether oxygens (including phenoxy) is 3. The van der Waals surface area contributed by atoms with Crippen LogP contribution in [0.25, 0.3) is 11.1 Å². The van der Waals surface area contributed by atoms with E-state index in [4.69, 9.17) is 14.2 Å². The van der Waals surface area contributed by atoms with Gasteiger partial charge >= 0.3 is 5.97 Å². The van der Waals surface area contributed by atoms with Crippen molar-refractivity contribution in [3.63, 3.8) is 0 Å². The predicted molar refractivity (Wildman–Crippen MR) is 144 cm³/mol. The summed E-state index contributed by atoms with van der Waals surface area (Å²) in [5, 5.41) is 13.4. The van der Waals surface area contributed by atoms with Crippen LogP contribution in [-0.4, -0.2) is 43.0 Å². The Balaban J connectivity index is 1.46. The van der Waals surface area contributed by atoms with Crippen molar-refractivity contribution in [1.82, 2.24) is 0 Å². The third-order valence-electron chi connectivity index (χ3n) is 7.88. The monoisotopic (exact) mass is 501 g/mol. The first kappa shape index (κ1) is 25.3. The third-order valence-corrected chi connectivity index (χ3v) is 7.88. The smallest absolute Gasteiger partial charge is 0.329 e. The Morgan fingerprint density at radius 2 is 1.76 bits per heavy atom. The molecule has 0 bridgehead atoms. The van der Waals surface area contributed by atoms with Crippen LogP contribution in [0.2, 0.25) is 0 Å². The van der Waals surface area contributed by atoms with Gasteiger partial charge in [0.15, 0.2) is 0 Å². The molecule has 0 aromatic heterocycles. The van der Waals surface area contributed by atoms with Gasteiger partial charge in [0.2, 0.25) is 0 Å². The molecule has 0 amide bonds. The van der Waals surface area contributed by atoms with Crippen molar-refractivity contribution in [3.8, 4) is 16.9 Å². The van der Waals surface area contributed by atoms with Crippen LogP contribution in [0.1, 0.15) is 40.7 Å². The Kier molecular flexibility index (Phi) is 7.22. The highest BCUT2D eigenvalue weighted by Crippen LogP contribution is 2.35. The van der Waals surface area contributed by atoms with Crippen molar-refractivity contribution < 1.29 is 24.1 Å². The summed E-state index contributed by atoms with van der Waals surface area (Å²) in [4.78, 5) is 12.2. The molecular weight excluding hydrogens is 466 g/mol. The zero-order valence-corrected chi connectivity index (χ0v) is 21.8. The molecule has 3 aromatic carbocycles. The molecule has 0 saturated carbocycles. The summed E-state index contributed by atoms with van der Waals surface area (Å²) in [6.45, 7) is 5.44. The molecule has 6 nitrogen and oxygen atoms in total. The lowest BCUT2D eigenvalue weighted by Crippen LogP contribution is -2.50. The Bertz CT molecular complexity index is 1270. The predicted octanol–water partition coefficient (Wildman–Crippen LogP) is 5.71. The molecule has 1 saturated heterocycles. The average molecular weight is 502 g/mol. The van der Waals surface area contributed by atoms with Gasteiger partial charge in [0.05, 0.1) is 19.8 Å². The van der Waals surface area contributed by atoms with Gasteiger partial charge in [-0.25, -0.2) is 4.79 Å². The molecule has 5 rings (SSSR count). The van der Waals surface area contributed by atoms with Crippen molar-refractivity contribution in [3.05, 3.63) is 82.4 Å². The van der Waals surface area contributed by atoms with E-state index >= 15 is 0 Å². The molecule has 0 atom stereocenters. The van der Waals surface area contributed by atoms with Crippen LogP contribution < -0.4 is 10.1 Å². The fraction of sp³-hybridized carbons (Fsp3) is 0.387. The van der Waals surface area contributed by atoms with Gasteiger partial charge in [-0.05, 0) is 83.8 Å². The molecule has 37 heavy (non-hydrogen) atoms. The second-order valence-corrected chi connectivity index (χ2v) is 10.2. The second kappa shape index (κ2) is 10.6. The quantitative estimate of drug-likeness (QED) is 0.412. The van der Waals surface area contributed by atoms with Crippen molar-refractivity contribution >= 4 is 11.7 Å².